The fourth-order valence-corrected chi connectivity index (χ4v) is 2.11. The zero-order chi connectivity index (χ0) is 11.0. The molecule has 1 aromatic rings. The molecule has 1 heteroatoms. The highest BCUT2D eigenvalue weighted by atomic mass is 14.7. The van der Waals surface area contributed by atoms with Gasteiger partial charge in [0.15, 0.2) is 0 Å². The molecule has 0 spiro atoms. The number of rotatable bonds is 1. The van der Waals surface area contributed by atoms with Crippen molar-refractivity contribution in [3.63, 3.8) is 0 Å². The molecule has 0 aliphatic heterocycles. The zero-order valence-corrected chi connectivity index (χ0v) is 9.62. The maximum atomic E-state index is 4.50. The molecule has 0 radical (unpaired) electrons. The highest BCUT2D eigenvalue weighted by Crippen LogP contribution is 2.36. The van der Waals surface area contributed by atoms with Gasteiger partial charge in [-0.1, -0.05) is 39.5 Å². The molecule has 78 valence electrons. The zero-order valence-electron chi connectivity index (χ0n) is 9.62. The smallest absolute Gasteiger partial charge is 0.0473 e. The molecule has 0 amide bonds. The van der Waals surface area contributed by atoms with Crippen LogP contribution in [-0.4, -0.2) is 4.98 Å². The molecule has 1 aromatic heterocycles. The second-order valence-electron chi connectivity index (χ2n) is 4.48. The fraction of sp³-hybridized carbons (Fsp3) is 0.357. The van der Waals surface area contributed by atoms with E-state index in [-0.39, 0.29) is 0 Å². The highest BCUT2D eigenvalue weighted by molar-refractivity contribution is 5.64. The minimum atomic E-state index is 0.399. The summed E-state index contributed by atoms with van der Waals surface area (Å²) in [5.41, 5.74) is 5.05. The number of pyridine rings is 1. The van der Waals surface area contributed by atoms with Crippen LogP contribution in [0.4, 0.5) is 0 Å². The molecular weight excluding hydrogens is 182 g/mol. The van der Waals surface area contributed by atoms with Gasteiger partial charge in [-0.25, -0.2) is 0 Å². The third-order valence-electron chi connectivity index (χ3n) is 3.07. The van der Waals surface area contributed by atoms with E-state index in [0.717, 1.165) is 0 Å². The van der Waals surface area contributed by atoms with Crippen LogP contribution < -0.4 is 0 Å². The summed E-state index contributed by atoms with van der Waals surface area (Å²) in [5.74, 6) is 0.873. The maximum Gasteiger partial charge on any atom is 0.0473 e. The van der Waals surface area contributed by atoms with Crippen LogP contribution in [0, 0.1) is 0 Å². The summed E-state index contributed by atoms with van der Waals surface area (Å²) in [6, 6.07) is 2.08. The Morgan fingerprint density at radius 2 is 2.07 bits per heavy atom. The van der Waals surface area contributed by atoms with Crippen molar-refractivity contribution < 1.29 is 0 Å². The topological polar surface area (TPSA) is 12.9 Å². The van der Waals surface area contributed by atoms with Crippen LogP contribution in [0.1, 0.15) is 49.4 Å². The van der Waals surface area contributed by atoms with E-state index in [0.29, 0.717) is 11.8 Å². The van der Waals surface area contributed by atoms with E-state index in [1.54, 1.807) is 0 Å². The number of aromatic nitrogens is 1. The summed E-state index contributed by atoms with van der Waals surface area (Å²) in [4.78, 5) is 4.50. The van der Waals surface area contributed by atoms with E-state index in [2.05, 4.69) is 50.6 Å². The standard InChI is InChI=1S/C14H17N/c1-9(2)14-13-11(4)10(3)5-6-12(13)7-8-15-14/h5-9,11H,3H2,1-2,4H3. The van der Waals surface area contributed by atoms with Crippen LogP contribution >= 0.6 is 0 Å². The van der Waals surface area contributed by atoms with Crippen molar-refractivity contribution in [3.05, 3.63) is 47.3 Å². The number of hydrogen-bond acceptors (Lipinski definition) is 1. The number of fused-ring (bicyclic) bond motifs is 1. The average molecular weight is 199 g/mol. The first-order valence-corrected chi connectivity index (χ1v) is 5.47. The second kappa shape index (κ2) is 3.65. The largest absolute Gasteiger partial charge is 0.261 e. The van der Waals surface area contributed by atoms with Gasteiger partial charge in [0.1, 0.15) is 0 Å². The molecule has 1 unspecified atom stereocenters. The summed E-state index contributed by atoms with van der Waals surface area (Å²) >= 11 is 0. The molecule has 0 bridgehead atoms. The van der Waals surface area contributed by atoms with E-state index in [9.17, 15) is 0 Å². The molecule has 0 N–H and O–H groups in total. The van der Waals surface area contributed by atoms with Gasteiger partial charge in [0, 0.05) is 17.8 Å². The molecule has 1 aliphatic rings. The molecule has 1 aliphatic carbocycles. The van der Waals surface area contributed by atoms with Crippen LogP contribution in [0.2, 0.25) is 0 Å². The van der Waals surface area contributed by atoms with Gasteiger partial charge in [-0.05, 0) is 28.7 Å². The van der Waals surface area contributed by atoms with E-state index in [4.69, 9.17) is 0 Å². The highest BCUT2D eigenvalue weighted by Gasteiger charge is 2.21. The van der Waals surface area contributed by atoms with Crippen LogP contribution in [0.25, 0.3) is 6.08 Å². The minimum Gasteiger partial charge on any atom is -0.261 e. The molecule has 1 heterocycles. The summed E-state index contributed by atoms with van der Waals surface area (Å²) in [6.07, 6.45) is 6.15. The van der Waals surface area contributed by atoms with Crippen LogP contribution in [0.5, 0.6) is 0 Å². The fourth-order valence-electron chi connectivity index (χ4n) is 2.11. The SMILES string of the molecule is C=C1C=Cc2ccnc(C(C)C)c2C1C. The Labute approximate surface area is 91.6 Å². The van der Waals surface area contributed by atoms with Gasteiger partial charge in [0.2, 0.25) is 0 Å². The van der Waals surface area contributed by atoms with Gasteiger partial charge in [-0.15, -0.1) is 0 Å². The van der Waals surface area contributed by atoms with E-state index in [1.807, 2.05) is 6.20 Å². The summed E-state index contributed by atoms with van der Waals surface area (Å²) < 4.78 is 0. The second-order valence-corrected chi connectivity index (χ2v) is 4.48. The maximum absolute atomic E-state index is 4.50. The van der Waals surface area contributed by atoms with Gasteiger partial charge < -0.3 is 0 Å². The Morgan fingerprint density at radius 1 is 1.33 bits per heavy atom. The van der Waals surface area contributed by atoms with Crippen molar-refractivity contribution in [2.45, 2.75) is 32.6 Å². The Bertz CT molecular complexity index is 427. The van der Waals surface area contributed by atoms with Crippen molar-refractivity contribution in [3.8, 4) is 0 Å². The molecule has 1 atom stereocenters. The molecule has 0 saturated carbocycles. The quantitative estimate of drug-likeness (QED) is 0.668. The summed E-state index contributed by atoms with van der Waals surface area (Å²) in [6.45, 7) is 10.7. The lowest BCUT2D eigenvalue weighted by molar-refractivity contribution is 0.770. The Hall–Kier alpha value is -1.37. The van der Waals surface area contributed by atoms with Crippen molar-refractivity contribution >= 4 is 6.08 Å². The molecule has 0 aromatic carbocycles. The Kier molecular flexibility index (Phi) is 2.47. The van der Waals surface area contributed by atoms with Crippen molar-refractivity contribution in [1.29, 1.82) is 0 Å². The van der Waals surface area contributed by atoms with Crippen LogP contribution in [0.3, 0.4) is 0 Å². The van der Waals surface area contributed by atoms with Crippen molar-refractivity contribution in [2.24, 2.45) is 0 Å². The lowest BCUT2D eigenvalue weighted by Gasteiger charge is -2.24. The Morgan fingerprint density at radius 3 is 2.73 bits per heavy atom. The third-order valence-corrected chi connectivity index (χ3v) is 3.07. The van der Waals surface area contributed by atoms with Crippen molar-refractivity contribution in [2.75, 3.05) is 0 Å². The van der Waals surface area contributed by atoms with E-state index < -0.39 is 0 Å². The minimum absolute atomic E-state index is 0.399. The van der Waals surface area contributed by atoms with Gasteiger partial charge >= 0.3 is 0 Å². The molecule has 2 rings (SSSR count). The van der Waals surface area contributed by atoms with Gasteiger partial charge in [0.25, 0.3) is 0 Å². The number of allylic oxidation sites excluding steroid dienone is 2. The van der Waals surface area contributed by atoms with Gasteiger partial charge in [-0.3, -0.25) is 4.98 Å². The lowest BCUT2D eigenvalue weighted by atomic mass is 9.82. The summed E-state index contributed by atoms with van der Waals surface area (Å²) in [5, 5.41) is 0. The molecular formula is C14H17N. The average Bonchev–Trinajstić information content (AvgIpc) is 2.23. The van der Waals surface area contributed by atoms with Crippen molar-refractivity contribution in [1.82, 2.24) is 4.98 Å². The van der Waals surface area contributed by atoms with Crippen LogP contribution in [-0.2, 0) is 0 Å². The monoisotopic (exact) mass is 199 g/mol. The third kappa shape index (κ3) is 1.63. The Balaban J connectivity index is 2.64. The first-order valence-electron chi connectivity index (χ1n) is 5.47. The lowest BCUT2D eigenvalue weighted by Crippen LogP contribution is -2.09. The van der Waals surface area contributed by atoms with Gasteiger partial charge in [-0.2, -0.15) is 0 Å². The predicted octanol–water partition coefficient (Wildman–Crippen LogP) is 3.89. The summed E-state index contributed by atoms with van der Waals surface area (Å²) in [7, 11) is 0. The molecule has 0 saturated heterocycles. The van der Waals surface area contributed by atoms with E-state index >= 15 is 0 Å². The van der Waals surface area contributed by atoms with Gasteiger partial charge in [0.05, 0.1) is 0 Å². The first kappa shape index (κ1) is 10.2. The molecule has 0 fully saturated rings. The first-order chi connectivity index (χ1) is 7.11. The predicted molar refractivity (Wildman–Crippen MR) is 64.9 cm³/mol. The number of nitrogens with zero attached hydrogens (tertiary/aromatic N) is 1. The molecule has 15 heavy (non-hydrogen) atoms. The molecule has 1 nitrogen and oxygen atoms in total. The van der Waals surface area contributed by atoms with Crippen LogP contribution in [0.15, 0.2) is 30.5 Å². The number of hydrogen-bond donors (Lipinski definition) is 0. The van der Waals surface area contributed by atoms with E-state index in [1.165, 1.54) is 22.4 Å². The normalized spacial score (nSPS) is 19.5.